The number of thioether (sulfide) groups is 1. The average Bonchev–Trinajstić information content (AvgIpc) is 2.81. The van der Waals surface area contributed by atoms with Crippen LogP contribution in [0.3, 0.4) is 0 Å². The molecule has 0 aromatic rings. The number of rotatable bonds is 7. The summed E-state index contributed by atoms with van der Waals surface area (Å²) in [5.74, 6) is 1.67. The van der Waals surface area contributed by atoms with E-state index < -0.39 is 5.60 Å². The molecule has 0 spiro atoms. The molecule has 1 saturated carbocycles. The molecule has 0 bridgehead atoms. The molecule has 5 heteroatoms. The first-order valence-corrected chi connectivity index (χ1v) is 9.47. The number of hydrogen-bond donors (Lipinski definition) is 2. The summed E-state index contributed by atoms with van der Waals surface area (Å²) < 4.78 is 5.30. The zero-order valence-electron chi connectivity index (χ0n) is 14.2. The Bertz CT molecular complexity index is 318. The topological polar surface area (TPSA) is 50.4 Å². The van der Waals surface area contributed by atoms with E-state index >= 15 is 0 Å². The predicted molar refractivity (Wildman–Crippen MR) is 91.0 cm³/mol. The van der Waals surface area contributed by atoms with Gasteiger partial charge in [0.05, 0.1) is 0 Å². The van der Waals surface area contributed by atoms with E-state index in [4.69, 9.17) is 4.74 Å². The van der Waals surface area contributed by atoms with Gasteiger partial charge in [0.1, 0.15) is 5.60 Å². The van der Waals surface area contributed by atoms with Gasteiger partial charge in [0, 0.05) is 24.4 Å². The van der Waals surface area contributed by atoms with Gasteiger partial charge in [-0.15, -0.1) is 0 Å². The second kappa shape index (κ2) is 8.89. The summed E-state index contributed by atoms with van der Waals surface area (Å²) in [7, 11) is 0. The van der Waals surface area contributed by atoms with Crippen LogP contribution < -0.4 is 10.6 Å². The monoisotopic (exact) mass is 316 g/mol. The Balaban J connectivity index is 2.38. The van der Waals surface area contributed by atoms with Crippen molar-refractivity contribution in [2.45, 2.75) is 71.1 Å². The smallest absolute Gasteiger partial charge is 0.407 e. The lowest BCUT2D eigenvalue weighted by molar-refractivity contribution is 0.0517. The summed E-state index contributed by atoms with van der Waals surface area (Å²) in [6.07, 6.45) is 6.65. The minimum Gasteiger partial charge on any atom is -0.444 e. The quantitative estimate of drug-likeness (QED) is 0.756. The van der Waals surface area contributed by atoms with Crippen LogP contribution >= 0.6 is 11.8 Å². The highest BCUT2D eigenvalue weighted by Crippen LogP contribution is 2.26. The maximum absolute atomic E-state index is 11.7. The van der Waals surface area contributed by atoms with Gasteiger partial charge in [-0.1, -0.05) is 13.3 Å². The maximum Gasteiger partial charge on any atom is 0.407 e. The van der Waals surface area contributed by atoms with Crippen LogP contribution in [0.4, 0.5) is 4.79 Å². The van der Waals surface area contributed by atoms with E-state index in [1.165, 1.54) is 19.3 Å². The molecule has 1 aliphatic rings. The Morgan fingerprint density at radius 3 is 2.67 bits per heavy atom. The van der Waals surface area contributed by atoms with Crippen LogP contribution in [0.15, 0.2) is 0 Å². The second-order valence-corrected chi connectivity index (χ2v) is 7.82. The molecule has 1 aliphatic carbocycles. The third-order valence-corrected chi connectivity index (χ3v) is 4.61. The first kappa shape index (κ1) is 18.6. The molecule has 0 aromatic carbocycles. The molecule has 0 heterocycles. The number of alkyl carbamates (subject to hydrolysis) is 1. The zero-order valence-corrected chi connectivity index (χ0v) is 15.0. The van der Waals surface area contributed by atoms with Crippen LogP contribution in [-0.4, -0.2) is 42.3 Å². The maximum atomic E-state index is 11.7. The van der Waals surface area contributed by atoms with Gasteiger partial charge < -0.3 is 15.4 Å². The van der Waals surface area contributed by atoms with Crippen molar-refractivity contribution in [2.24, 2.45) is 5.92 Å². The number of amides is 1. The molecule has 0 aromatic heterocycles. The van der Waals surface area contributed by atoms with Crippen LogP contribution in [0.25, 0.3) is 0 Å². The molecular weight excluding hydrogens is 284 g/mol. The van der Waals surface area contributed by atoms with E-state index in [-0.39, 0.29) is 6.09 Å². The van der Waals surface area contributed by atoms with Gasteiger partial charge in [0.25, 0.3) is 0 Å². The van der Waals surface area contributed by atoms with Crippen LogP contribution in [0, 0.1) is 5.92 Å². The molecule has 1 rings (SSSR count). The van der Waals surface area contributed by atoms with Crippen LogP contribution in [0.2, 0.25) is 0 Å². The molecule has 3 atom stereocenters. The van der Waals surface area contributed by atoms with E-state index in [2.05, 4.69) is 23.8 Å². The van der Waals surface area contributed by atoms with Crippen molar-refractivity contribution in [3.05, 3.63) is 0 Å². The van der Waals surface area contributed by atoms with Crippen molar-refractivity contribution in [1.29, 1.82) is 0 Å². The predicted octanol–water partition coefficient (Wildman–Crippen LogP) is 3.41. The second-order valence-electron chi connectivity index (χ2n) is 6.91. The number of carbonyl (C=O) groups is 1. The summed E-state index contributed by atoms with van der Waals surface area (Å²) >= 11 is 1.89. The van der Waals surface area contributed by atoms with E-state index in [1.54, 1.807) is 0 Å². The third kappa shape index (κ3) is 7.41. The fourth-order valence-corrected chi connectivity index (χ4v) is 3.55. The van der Waals surface area contributed by atoms with Gasteiger partial charge in [-0.05, 0) is 52.2 Å². The SMILES string of the molecule is CCC(CSC)NC1CCCC1CNC(=O)OC(C)(C)C. The van der Waals surface area contributed by atoms with Gasteiger partial charge in [0.15, 0.2) is 0 Å². The average molecular weight is 317 g/mol. The Morgan fingerprint density at radius 2 is 2.10 bits per heavy atom. The highest BCUT2D eigenvalue weighted by Gasteiger charge is 2.29. The number of hydrogen-bond acceptors (Lipinski definition) is 4. The molecule has 21 heavy (non-hydrogen) atoms. The van der Waals surface area contributed by atoms with Gasteiger partial charge in [0.2, 0.25) is 0 Å². The minimum atomic E-state index is -0.428. The van der Waals surface area contributed by atoms with E-state index in [0.29, 0.717) is 24.5 Å². The number of nitrogens with one attached hydrogen (secondary N) is 2. The molecule has 0 radical (unpaired) electrons. The fourth-order valence-electron chi connectivity index (χ4n) is 2.82. The van der Waals surface area contributed by atoms with Crippen molar-refractivity contribution in [2.75, 3.05) is 18.6 Å². The summed E-state index contributed by atoms with van der Waals surface area (Å²) in [5.41, 5.74) is -0.428. The van der Waals surface area contributed by atoms with Gasteiger partial charge in [-0.25, -0.2) is 4.79 Å². The first-order chi connectivity index (χ1) is 9.85. The van der Waals surface area contributed by atoms with Crippen molar-refractivity contribution in [3.8, 4) is 0 Å². The third-order valence-electron chi connectivity index (χ3n) is 3.88. The Labute approximate surface area is 134 Å². The highest BCUT2D eigenvalue weighted by molar-refractivity contribution is 7.98. The molecule has 4 nitrogen and oxygen atoms in total. The van der Waals surface area contributed by atoms with Crippen molar-refractivity contribution >= 4 is 17.9 Å². The Kier molecular flexibility index (Phi) is 7.88. The fraction of sp³-hybridized carbons (Fsp3) is 0.938. The van der Waals surface area contributed by atoms with Gasteiger partial charge in [-0.2, -0.15) is 11.8 Å². The van der Waals surface area contributed by atoms with E-state index in [0.717, 1.165) is 12.2 Å². The van der Waals surface area contributed by atoms with Crippen molar-refractivity contribution in [1.82, 2.24) is 10.6 Å². The van der Waals surface area contributed by atoms with Crippen LogP contribution in [0.1, 0.15) is 53.4 Å². The number of ether oxygens (including phenoxy) is 1. The molecule has 124 valence electrons. The van der Waals surface area contributed by atoms with Gasteiger partial charge >= 0.3 is 6.09 Å². The summed E-state index contributed by atoms with van der Waals surface area (Å²) in [4.78, 5) is 11.7. The van der Waals surface area contributed by atoms with Crippen molar-refractivity contribution in [3.63, 3.8) is 0 Å². The zero-order chi connectivity index (χ0) is 15.9. The molecule has 1 amide bonds. The molecule has 0 saturated heterocycles. The molecule has 0 aliphatic heterocycles. The largest absolute Gasteiger partial charge is 0.444 e. The normalized spacial score (nSPS) is 23.9. The highest BCUT2D eigenvalue weighted by atomic mass is 32.2. The molecule has 1 fully saturated rings. The van der Waals surface area contributed by atoms with E-state index in [9.17, 15) is 4.79 Å². The van der Waals surface area contributed by atoms with Crippen LogP contribution in [0.5, 0.6) is 0 Å². The summed E-state index contributed by atoms with van der Waals surface area (Å²) in [5, 5.41) is 6.70. The Hall–Kier alpha value is -0.420. The standard InChI is InChI=1S/C16H32N2O2S/c1-6-13(11-21-5)18-14-9-7-8-12(14)10-17-15(19)20-16(2,3)4/h12-14,18H,6-11H2,1-5H3,(H,17,19). The lowest BCUT2D eigenvalue weighted by Crippen LogP contribution is -2.45. The lowest BCUT2D eigenvalue weighted by Gasteiger charge is -2.27. The van der Waals surface area contributed by atoms with E-state index in [1.807, 2.05) is 32.5 Å². The van der Waals surface area contributed by atoms with Crippen molar-refractivity contribution < 1.29 is 9.53 Å². The molecular formula is C16H32N2O2S. The number of carbonyl (C=O) groups excluding carboxylic acids is 1. The minimum absolute atomic E-state index is 0.302. The first-order valence-electron chi connectivity index (χ1n) is 8.07. The summed E-state index contributed by atoms with van der Waals surface area (Å²) in [6.45, 7) is 8.61. The molecule has 2 N–H and O–H groups in total. The van der Waals surface area contributed by atoms with Crippen LogP contribution in [-0.2, 0) is 4.74 Å². The molecule has 3 unspecified atom stereocenters. The van der Waals surface area contributed by atoms with Gasteiger partial charge in [-0.3, -0.25) is 0 Å². The summed E-state index contributed by atoms with van der Waals surface area (Å²) in [6, 6.07) is 1.10. The Morgan fingerprint density at radius 1 is 1.38 bits per heavy atom. The lowest BCUT2D eigenvalue weighted by atomic mass is 10.0.